The molecule has 0 aliphatic heterocycles. The lowest BCUT2D eigenvalue weighted by molar-refractivity contribution is -0.207. The van der Waals surface area contributed by atoms with Gasteiger partial charge in [0.25, 0.3) is 0 Å². The second-order valence-electron chi connectivity index (χ2n) is 6.85. The highest BCUT2D eigenvalue weighted by atomic mass is 35.5. The number of rotatable bonds is 5. The summed E-state index contributed by atoms with van der Waals surface area (Å²) < 4.78 is 60.6. The molecule has 3 aromatic heterocycles. The molecule has 6 nitrogen and oxygen atoms in total. The van der Waals surface area contributed by atoms with Crippen molar-refractivity contribution in [1.82, 2.24) is 25.2 Å². The summed E-state index contributed by atoms with van der Waals surface area (Å²) in [5.41, 5.74) is -4.57. The monoisotopic (exact) mass is 493 g/mol. The standard InChI is InChI=1S/C21H12ClF4N5OS/c22-19-8-5-15(33-19)4-1-13-2-7-18(27-10-13)21(25,26)20(32,11-31-12-28-29-30-31)16-6-3-14(23)9-17(16)24/h2-3,5-10,12,32H,11H2. The molecule has 1 aromatic carbocycles. The largest absolute Gasteiger partial charge is 0.377 e. The fourth-order valence-electron chi connectivity index (χ4n) is 3.05. The van der Waals surface area contributed by atoms with Crippen molar-refractivity contribution in [2.45, 2.75) is 18.1 Å². The van der Waals surface area contributed by atoms with Gasteiger partial charge < -0.3 is 5.11 Å². The number of tetrazole rings is 1. The Morgan fingerprint density at radius 2 is 1.91 bits per heavy atom. The van der Waals surface area contributed by atoms with Crippen molar-refractivity contribution in [3.63, 3.8) is 0 Å². The summed E-state index contributed by atoms with van der Waals surface area (Å²) in [5, 5.41) is 21.3. The first-order chi connectivity index (χ1) is 15.7. The van der Waals surface area contributed by atoms with E-state index >= 15 is 8.78 Å². The van der Waals surface area contributed by atoms with Crippen LogP contribution in [0, 0.1) is 23.5 Å². The molecule has 0 bridgehead atoms. The van der Waals surface area contributed by atoms with E-state index in [-0.39, 0.29) is 0 Å². The Morgan fingerprint density at radius 1 is 1.09 bits per heavy atom. The summed E-state index contributed by atoms with van der Waals surface area (Å²) in [5.74, 6) is -0.872. The van der Waals surface area contributed by atoms with Crippen LogP contribution in [0.5, 0.6) is 0 Å². The predicted molar refractivity (Wildman–Crippen MR) is 112 cm³/mol. The number of nitrogens with zero attached hydrogens (tertiary/aromatic N) is 5. The minimum absolute atomic E-state index is 0.330. The van der Waals surface area contributed by atoms with Gasteiger partial charge in [0.1, 0.15) is 23.7 Å². The summed E-state index contributed by atoms with van der Waals surface area (Å²) in [6.07, 6.45) is 2.08. The summed E-state index contributed by atoms with van der Waals surface area (Å²) in [4.78, 5) is 4.42. The third-order valence-corrected chi connectivity index (χ3v) is 5.81. The first-order valence-corrected chi connectivity index (χ1v) is 10.4. The first-order valence-electron chi connectivity index (χ1n) is 9.19. The Bertz CT molecular complexity index is 1330. The van der Waals surface area contributed by atoms with Crippen LogP contribution in [0.4, 0.5) is 17.6 Å². The van der Waals surface area contributed by atoms with Crippen molar-refractivity contribution in [2.24, 2.45) is 0 Å². The lowest BCUT2D eigenvalue weighted by Gasteiger charge is -2.35. The Kier molecular flexibility index (Phi) is 6.16. The molecule has 4 rings (SSSR count). The molecule has 0 saturated heterocycles. The summed E-state index contributed by atoms with van der Waals surface area (Å²) in [6.45, 7) is -0.933. The van der Waals surface area contributed by atoms with Crippen molar-refractivity contribution in [3.05, 3.63) is 92.7 Å². The van der Waals surface area contributed by atoms with E-state index < -0.39 is 41.0 Å². The fraction of sp³-hybridized carbons (Fsp3) is 0.143. The molecular weight excluding hydrogens is 482 g/mol. The SMILES string of the molecule is OC(Cn1cnnn1)(c1ccc(F)cc1F)C(F)(F)c1ccc(C#Cc2ccc(Cl)s2)cn1. The molecule has 0 aliphatic carbocycles. The van der Waals surface area contributed by atoms with Gasteiger partial charge >= 0.3 is 5.92 Å². The van der Waals surface area contributed by atoms with Gasteiger partial charge in [0.2, 0.25) is 0 Å². The van der Waals surface area contributed by atoms with Gasteiger partial charge in [-0.25, -0.2) is 13.5 Å². The van der Waals surface area contributed by atoms with Crippen molar-refractivity contribution < 1.29 is 22.7 Å². The van der Waals surface area contributed by atoms with Crippen LogP contribution < -0.4 is 0 Å². The molecule has 4 aromatic rings. The highest BCUT2D eigenvalue weighted by Crippen LogP contribution is 2.46. The molecule has 1 unspecified atom stereocenters. The number of benzene rings is 1. The van der Waals surface area contributed by atoms with Crippen LogP contribution in [-0.4, -0.2) is 30.3 Å². The molecule has 1 N–H and O–H groups in total. The van der Waals surface area contributed by atoms with E-state index in [0.717, 1.165) is 35.4 Å². The smallest absolute Gasteiger partial charge is 0.323 e. The van der Waals surface area contributed by atoms with Crippen LogP contribution in [0.2, 0.25) is 4.34 Å². The van der Waals surface area contributed by atoms with E-state index in [1.54, 1.807) is 12.1 Å². The Morgan fingerprint density at radius 3 is 2.52 bits per heavy atom. The van der Waals surface area contributed by atoms with E-state index in [1.165, 1.54) is 17.4 Å². The molecule has 0 radical (unpaired) electrons. The lowest BCUT2D eigenvalue weighted by Crippen LogP contribution is -2.48. The highest BCUT2D eigenvalue weighted by molar-refractivity contribution is 7.16. The Balaban J connectivity index is 1.72. The molecule has 3 heterocycles. The van der Waals surface area contributed by atoms with Crippen LogP contribution in [0.1, 0.15) is 21.7 Å². The topological polar surface area (TPSA) is 76.7 Å². The summed E-state index contributed by atoms with van der Waals surface area (Å²) >= 11 is 7.10. The zero-order valence-corrected chi connectivity index (χ0v) is 18.0. The number of alkyl halides is 2. The van der Waals surface area contributed by atoms with Crippen molar-refractivity contribution in [2.75, 3.05) is 0 Å². The number of hydrogen-bond donors (Lipinski definition) is 1. The van der Waals surface area contributed by atoms with E-state index in [1.807, 2.05) is 0 Å². The van der Waals surface area contributed by atoms with Gasteiger partial charge in [0.15, 0.2) is 5.60 Å². The zero-order valence-electron chi connectivity index (χ0n) is 16.4. The van der Waals surface area contributed by atoms with Crippen LogP contribution in [0.25, 0.3) is 0 Å². The number of halogens is 5. The molecule has 168 valence electrons. The van der Waals surface area contributed by atoms with Crippen LogP contribution >= 0.6 is 22.9 Å². The highest BCUT2D eigenvalue weighted by Gasteiger charge is 2.57. The maximum atomic E-state index is 15.6. The van der Waals surface area contributed by atoms with Gasteiger partial charge in [0, 0.05) is 23.4 Å². The molecule has 12 heteroatoms. The average Bonchev–Trinajstić information content (AvgIpc) is 3.43. The number of hydrogen-bond acceptors (Lipinski definition) is 6. The molecule has 1 atom stereocenters. The number of aromatic nitrogens is 5. The second-order valence-corrected chi connectivity index (χ2v) is 8.57. The minimum Gasteiger partial charge on any atom is -0.377 e. The minimum atomic E-state index is -4.13. The third-order valence-electron chi connectivity index (χ3n) is 4.67. The molecule has 0 fully saturated rings. The first kappa shape index (κ1) is 22.8. The van der Waals surface area contributed by atoms with Crippen LogP contribution in [0.3, 0.4) is 0 Å². The van der Waals surface area contributed by atoms with Gasteiger partial charge in [-0.05, 0) is 46.8 Å². The molecule has 33 heavy (non-hydrogen) atoms. The van der Waals surface area contributed by atoms with Gasteiger partial charge in [-0.3, -0.25) is 4.98 Å². The average molecular weight is 494 g/mol. The molecule has 0 aliphatic rings. The van der Waals surface area contributed by atoms with E-state index in [4.69, 9.17) is 11.6 Å². The number of thiophene rings is 1. The van der Waals surface area contributed by atoms with E-state index in [0.29, 0.717) is 20.8 Å². The van der Waals surface area contributed by atoms with Crippen molar-refractivity contribution in [3.8, 4) is 11.8 Å². The van der Waals surface area contributed by atoms with Gasteiger partial charge in [0.05, 0.1) is 15.8 Å². The molecule has 0 spiro atoms. The van der Waals surface area contributed by atoms with Gasteiger partial charge in [-0.15, -0.1) is 16.4 Å². The molecule has 0 amide bonds. The predicted octanol–water partition coefficient (Wildman–Crippen LogP) is 4.14. The van der Waals surface area contributed by atoms with Crippen LogP contribution in [-0.2, 0) is 18.1 Å². The van der Waals surface area contributed by atoms with Crippen LogP contribution in [0.15, 0.2) is 55.0 Å². The number of aliphatic hydroxyl groups is 1. The number of pyridine rings is 1. The maximum absolute atomic E-state index is 15.6. The fourth-order valence-corrected chi connectivity index (χ4v) is 3.94. The normalized spacial score (nSPS) is 13.3. The maximum Gasteiger partial charge on any atom is 0.323 e. The summed E-state index contributed by atoms with van der Waals surface area (Å²) in [7, 11) is 0. The van der Waals surface area contributed by atoms with E-state index in [9.17, 15) is 13.9 Å². The summed E-state index contributed by atoms with van der Waals surface area (Å²) in [6, 6.07) is 7.56. The Hall–Kier alpha value is -3.33. The van der Waals surface area contributed by atoms with Crippen molar-refractivity contribution >= 4 is 22.9 Å². The van der Waals surface area contributed by atoms with Gasteiger partial charge in [-0.1, -0.05) is 23.4 Å². The lowest BCUT2D eigenvalue weighted by atomic mass is 9.84. The van der Waals surface area contributed by atoms with Crippen molar-refractivity contribution in [1.29, 1.82) is 0 Å². The second kappa shape index (κ2) is 8.90. The Labute approximate surface area is 193 Å². The van der Waals surface area contributed by atoms with Gasteiger partial charge in [-0.2, -0.15) is 8.78 Å². The zero-order chi connectivity index (χ0) is 23.6. The molecular formula is C21H12ClF4N5OS. The third kappa shape index (κ3) is 4.59. The van der Waals surface area contributed by atoms with E-state index in [2.05, 4.69) is 32.4 Å². The quantitative estimate of drug-likeness (QED) is 0.334. The molecule has 0 saturated carbocycles.